The molecule has 39 heavy (non-hydrogen) atoms. The van der Waals surface area contributed by atoms with Gasteiger partial charge in [0.25, 0.3) is 0 Å². The molecule has 0 atom stereocenters. The summed E-state index contributed by atoms with van der Waals surface area (Å²) < 4.78 is 19.5. The number of hydrogen-bond donors (Lipinski definition) is 1. The van der Waals surface area contributed by atoms with Crippen molar-refractivity contribution in [3.8, 4) is 39.8 Å². The lowest BCUT2D eigenvalue weighted by molar-refractivity contribution is -0.136. The monoisotopic (exact) mass is 548 g/mol. The topological polar surface area (TPSA) is 82.8 Å². The van der Waals surface area contributed by atoms with Gasteiger partial charge in [0.05, 0.1) is 25.6 Å². The van der Waals surface area contributed by atoms with E-state index < -0.39 is 5.97 Å². The summed E-state index contributed by atoms with van der Waals surface area (Å²) in [5.41, 5.74) is 5.12. The standard InChI is InChI=1S/C31H33ClN2O5/c1-4-5-16-34-27(24-10-7-11-29(37-2)31(24)38-3)19-26(33-34)25-18-21(13-15-30(35)36)12-14-28(25)39-20-22-8-6-9-23(32)17-22/h6-12,14,17-19H,4-5,13,15-16,20H2,1-3H3,(H,35,36). The highest BCUT2D eigenvalue weighted by molar-refractivity contribution is 6.30. The third kappa shape index (κ3) is 6.92. The number of carboxylic acid groups (broad SMARTS) is 1. The summed E-state index contributed by atoms with van der Waals surface area (Å²) in [7, 11) is 3.25. The van der Waals surface area contributed by atoms with Crippen molar-refractivity contribution in [3.63, 3.8) is 0 Å². The minimum atomic E-state index is -0.839. The maximum atomic E-state index is 11.2. The molecule has 0 saturated carbocycles. The van der Waals surface area contributed by atoms with E-state index in [4.69, 9.17) is 30.9 Å². The lowest BCUT2D eigenvalue weighted by Crippen LogP contribution is -2.04. The van der Waals surface area contributed by atoms with Gasteiger partial charge >= 0.3 is 5.97 Å². The normalized spacial score (nSPS) is 10.9. The van der Waals surface area contributed by atoms with E-state index in [-0.39, 0.29) is 6.42 Å². The van der Waals surface area contributed by atoms with Gasteiger partial charge in [-0.15, -0.1) is 0 Å². The van der Waals surface area contributed by atoms with Crippen molar-refractivity contribution < 1.29 is 24.1 Å². The molecule has 0 fully saturated rings. The molecule has 0 aliphatic carbocycles. The zero-order chi connectivity index (χ0) is 27.8. The Morgan fingerprint density at radius 3 is 2.49 bits per heavy atom. The number of carboxylic acids is 1. The number of nitrogens with zero attached hydrogens (tertiary/aromatic N) is 2. The van der Waals surface area contributed by atoms with E-state index in [0.717, 1.165) is 53.0 Å². The molecule has 204 valence electrons. The number of halogens is 1. The van der Waals surface area contributed by atoms with Crippen LogP contribution in [0.4, 0.5) is 0 Å². The number of aliphatic carboxylic acids is 1. The first-order valence-electron chi connectivity index (χ1n) is 12.9. The Balaban J connectivity index is 1.80. The zero-order valence-corrected chi connectivity index (χ0v) is 23.2. The molecule has 4 rings (SSSR count). The van der Waals surface area contributed by atoms with Gasteiger partial charge in [-0.3, -0.25) is 9.48 Å². The lowest BCUT2D eigenvalue weighted by Gasteiger charge is -2.13. The molecule has 0 bridgehead atoms. The van der Waals surface area contributed by atoms with Crippen LogP contribution in [0.5, 0.6) is 17.2 Å². The first-order chi connectivity index (χ1) is 18.9. The molecular formula is C31H33ClN2O5. The molecule has 0 saturated heterocycles. The predicted molar refractivity (Wildman–Crippen MR) is 153 cm³/mol. The van der Waals surface area contributed by atoms with Crippen LogP contribution >= 0.6 is 11.6 Å². The van der Waals surface area contributed by atoms with Crippen molar-refractivity contribution in [1.29, 1.82) is 0 Å². The number of carbonyl (C=O) groups is 1. The first kappa shape index (κ1) is 28.0. The van der Waals surface area contributed by atoms with Gasteiger partial charge in [-0.1, -0.05) is 49.2 Å². The molecule has 0 spiro atoms. The largest absolute Gasteiger partial charge is 0.493 e. The smallest absolute Gasteiger partial charge is 0.303 e. The summed E-state index contributed by atoms with van der Waals surface area (Å²) in [4.78, 5) is 11.2. The summed E-state index contributed by atoms with van der Waals surface area (Å²) in [5.74, 6) is 1.09. The van der Waals surface area contributed by atoms with Crippen LogP contribution in [0.1, 0.15) is 37.3 Å². The Kier molecular flexibility index (Phi) is 9.49. The molecule has 0 aliphatic heterocycles. The highest BCUT2D eigenvalue weighted by Gasteiger charge is 2.20. The van der Waals surface area contributed by atoms with E-state index in [0.29, 0.717) is 35.3 Å². The van der Waals surface area contributed by atoms with Crippen LogP contribution in [0.15, 0.2) is 66.7 Å². The second-order valence-corrected chi connectivity index (χ2v) is 9.61. The Hall–Kier alpha value is -3.97. The average Bonchev–Trinajstić information content (AvgIpc) is 3.37. The van der Waals surface area contributed by atoms with E-state index in [1.54, 1.807) is 14.2 Å². The molecule has 1 N–H and O–H groups in total. The third-order valence-electron chi connectivity index (χ3n) is 6.41. The van der Waals surface area contributed by atoms with Crippen LogP contribution < -0.4 is 14.2 Å². The second kappa shape index (κ2) is 13.2. The predicted octanol–water partition coefficient (Wildman–Crippen LogP) is 7.28. The zero-order valence-electron chi connectivity index (χ0n) is 22.4. The fraction of sp³-hybridized carbons (Fsp3) is 0.290. The Morgan fingerprint density at radius 2 is 1.77 bits per heavy atom. The number of para-hydroxylation sites is 1. The number of benzene rings is 3. The van der Waals surface area contributed by atoms with Crippen molar-refractivity contribution in [1.82, 2.24) is 9.78 Å². The molecule has 1 aromatic heterocycles. The number of aryl methyl sites for hydroxylation is 2. The molecule has 0 amide bonds. The van der Waals surface area contributed by atoms with E-state index in [2.05, 4.69) is 6.92 Å². The van der Waals surface area contributed by atoms with Gasteiger partial charge in [0.2, 0.25) is 0 Å². The summed E-state index contributed by atoms with van der Waals surface area (Å²) in [5, 5.41) is 14.9. The van der Waals surface area contributed by atoms with Crippen molar-refractivity contribution in [3.05, 3.63) is 82.9 Å². The van der Waals surface area contributed by atoms with Gasteiger partial charge < -0.3 is 19.3 Å². The third-order valence-corrected chi connectivity index (χ3v) is 6.65. The second-order valence-electron chi connectivity index (χ2n) is 9.18. The van der Waals surface area contributed by atoms with Gasteiger partial charge in [0, 0.05) is 29.1 Å². The van der Waals surface area contributed by atoms with Gasteiger partial charge in [-0.2, -0.15) is 5.10 Å². The minimum absolute atomic E-state index is 0.0410. The Labute approximate surface area is 233 Å². The van der Waals surface area contributed by atoms with E-state index >= 15 is 0 Å². The minimum Gasteiger partial charge on any atom is -0.493 e. The highest BCUT2D eigenvalue weighted by Crippen LogP contribution is 2.40. The number of unbranched alkanes of at least 4 members (excludes halogenated alkanes) is 1. The average molecular weight is 549 g/mol. The Morgan fingerprint density at radius 1 is 0.949 bits per heavy atom. The molecule has 1 heterocycles. The number of ether oxygens (including phenoxy) is 3. The SMILES string of the molecule is CCCCn1nc(-c2cc(CCC(=O)O)ccc2OCc2cccc(Cl)c2)cc1-c1cccc(OC)c1OC. The van der Waals surface area contributed by atoms with Gasteiger partial charge in [-0.05, 0) is 66.4 Å². The maximum absolute atomic E-state index is 11.2. The van der Waals surface area contributed by atoms with Gasteiger partial charge in [-0.25, -0.2) is 0 Å². The summed E-state index contributed by atoms with van der Waals surface area (Å²) >= 11 is 6.17. The summed E-state index contributed by atoms with van der Waals surface area (Å²) in [6, 6.07) is 21.1. The van der Waals surface area contributed by atoms with Crippen LogP contribution in [-0.4, -0.2) is 35.1 Å². The van der Waals surface area contributed by atoms with Gasteiger partial charge in [0.1, 0.15) is 12.4 Å². The fourth-order valence-electron chi connectivity index (χ4n) is 4.43. The Bertz CT molecular complexity index is 1430. The molecular weight excluding hydrogens is 516 g/mol. The molecule has 8 heteroatoms. The number of hydrogen-bond acceptors (Lipinski definition) is 5. The number of methoxy groups -OCH3 is 2. The molecule has 0 unspecified atom stereocenters. The molecule has 4 aromatic rings. The molecule has 7 nitrogen and oxygen atoms in total. The van der Waals surface area contributed by atoms with Crippen molar-refractivity contribution in [2.24, 2.45) is 0 Å². The van der Waals surface area contributed by atoms with Gasteiger partial charge in [0.15, 0.2) is 11.5 Å². The molecule has 0 radical (unpaired) electrons. The van der Waals surface area contributed by atoms with Crippen LogP contribution in [0, 0.1) is 0 Å². The quantitative estimate of drug-likeness (QED) is 0.189. The molecule has 0 aliphatic rings. The fourth-order valence-corrected chi connectivity index (χ4v) is 4.64. The van der Waals surface area contributed by atoms with Crippen molar-refractivity contribution >= 4 is 17.6 Å². The lowest BCUT2D eigenvalue weighted by atomic mass is 10.0. The maximum Gasteiger partial charge on any atom is 0.303 e. The van der Waals surface area contributed by atoms with Crippen LogP contribution in [0.2, 0.25) is 5.02 Å². The van der Waals surface area contributed by atoms with E-state index in [1.165, 1.54) is 0 Å². The van der Waals surface area contributed by atoms with Crippen LogP contribution in [-0.2, 0) is 24.4 Å². The van der Waals surface area contributed by atoms with E-state index in [9.17, 15) is 9.90 Å². The van der Waals surface area contributed by atoms with Crippen molar-refractivity contribution in [2.75, 3.05) is 14.2 Å². The first-order valence-corrected chi connectivity index (χ1v) is 13.3. The number of rotatable bonds is 13. The van der Waals surface area contributed by atoms with Crippen LogP contribution in [0.3, 0.4) is 0 Å². The van der Waals surface area contributed by atoms with Crippen molar-refractivity contribution in [2.45, 2.75) is 45.8 Å². The highest BCUT2D eigenvalue weighted by atomic mass is 35.5. The number of aromatic nitrogens is 2. The summed E-state index contributed by atoms with van der Waals surface area (Å²) in [6.07, 6.45) is 2.42. The van der Waals surface area contributed by atoms with E-state index in [1.807, 2.05) is 71.4 Å². The molecule has 3 aromatic carbocycles. The summed E-state index contributed by atoms with van der Waals surface area (Å²) in [6.45, 7) is 3.20. The van der Waals surface area contributed by atoms with Crippen LogP contribution in [0.25, 0.3) is 22.5 Å².